The first-order valence-electron chi connectivity index (χ1n) is 11.8. The van der Waals surface area contributed by atoms with Crippen molar-refractivity contribution in [1.82, 2.24) is 24.1 Å². The van der Waals surface area contributed by atoms with Crippen molar-refractivity contribution in [2.75, 3.05) is 7.05 Å². The van der Waals surface area contributed by atoms with Gasteiger partial charge >= 0.3 is 0 Å². The van der Waals surface area contributed by atoms with Crippen molar-refractivity contribution in [1.29, 1.82) is 0 Å². The van der Waals surface area contributed by atoms with Crippen LogP contribution in [0.25, 0.3) is 22.4 Å². The van der Waals surface area contributed by atoms with Gasteiger partial charge in [0, 0.05) is 13.6 Å². The summed E-state index contributed by atoms with van der Waals surface area (Å²) in [6, 6.07) is 23.2. The zero-order chi connectivity index (χ0) is 25.4. The Morgan fingerprint density at radius 1 is 0.972 bits per heavy atom. The molecular weight excluding hydrogens is 470 g/mol. The van der Waals surface area contributed by atoms with Gasteiger partial charge in [0.25, 0.3) is 5.56 Å². The largest absolute Gasteiger partial charge is 0.340 e. The Morgan fingerprint density at radius 3 is 2.47 bits per heavy atom. The number of nitrogens with zero attached hydrogens (tertiary/aromatic N) is 5. The predicted octanol–water partition coefficient (Wildman–Crippen LogP) is 4.79. The first-order valence-corrected chi connectivity index (χ1v) is 12.7. The van der Waals surface area contributed by atoms with Crippen molar-refractivity contribution >= 4 is 34.3 Å². The first kappa shape index (κ1) is 23.8. The lowest BCUT2D eigenvalue weighted by Crippen LogP contribution is -2.32. The minimum atomic E-state index is -0.397. The third-order valence-corrected chi connectivity index (χ3v) is 7.51. The molecule has 8 heteroatoms. The molecule has 0 N–H and O–H groups in total. The van der Waals surface area contributed by atoms with Gasteiger partial charge in [0.05, 0.1) is 21.8 Å². The molecule has 2 heterocycles. The number of aromatic nitrogens is 4. The second kappa shape index (κ2) is 9.62. The Balaban J connectivity index is 1.58. The van der Waals surface area contributed by atoms with Crippen LogP contribution in [0.2, 0.25) is 0 Å². The summed E-state index contributed by atoms with van der Waals surface area (Å²) in [5.74, 6) is 0.417. The second-order valence-electron chi connectivity index (χ2n) is 8.93. The van der Waals surface area contributed by atoms with E-state index in [9.17, 15) is 9.59 Å². The third-order valence-electron chi connectivity index (χ3n) is 6.48. The highest BCUT2D eigenvalue weighted by molar-refractivity contribution is 8.00. The molecule has 5 aromatic rings. The minimum Gasteiger partial charge on any atom is -0.340 e. The van der Waals surface area contributed by atoms with Gasteiger partial charge in [-0.05, 0) is 55.7 Å². The van der Waals surface area contributed by atoms with Gasteiger partial charge < -0.3 is 4.90 Å². The molecule has 0 aliphatic carbocycles. The molecule has 0 radical (unpaired) electrons. The van der Waals surface area contributed by atoms with Gasteiger partial charge in [-0.2, -0.15) is 0 Å². The number of thioether (sulfide) groups is 1. The fraction of sp³-hybridized carbons (Fsp3) is 0.214. The Hall–Kier alpha value is -3.91. The average Bonchev–Trinajstić information content (AvgIpc) is 3.30. The molecule has 182 valence electrons. The molecule has 1 unspecified atom stereocenters. The highest BCUT2D eigenvalue weighted by atomic mass is 32.2. The number of para-hydroxylation sites is 1. The number of carbonyl (C=O) groups excluding carboxylic acids is 1. The standard InChI is InChI=1S/C28H27N5O2S/c1-18-11-10-16-23(19(18)2)32-26(35)22-14-8-9-15-24(22)33-27(32)29-30-28(33)36-20(3)25(34)31(4)17-21-12-6-5-7-13-21/h5-16,20H,17H2,1-4H3. The topological polar surface area (TPSA) is 72.5 Å². The van der Waals surface area contributed by atoms with Crippen LogP contribution in [-0.2, 0) is 11.3 Å². The van der Waals surface area contributed by atoms with Crippen molar-refractivity contribution in [3.8, 4) is 5.69 Å². The van der Waals surface area contributed by atoms with Crippen molar-refractivity contribution in [2.24, 2.45) is 0 Å². The fourth-order valence-electron chi connectivity index (χ4n) is 4.40. The highest BCUT2D eigenvalue weighted by Crippen LogP contribution is 2.28. The Bertz CT molecular complexity index is 1640. The third kappa shape index (κ3) is 4.18. The van der Waals surface area contributed by atoms with E-state index >= 15 is 0 Å². The van der Waals surface area contributed by atoms with E-state index in [1.165, 1.54) is 11.8 Å². The number of benzene rings is 3. The van der Waals surface area contributed by atoms with Gasteiger partial charge in [0.1, 0.15) is 0 Å². The van der Waals surface area contributed by atoms with Crippen LogP contribution in [0.4, 0.5) is 0 Å². The fourth-order valence-corrected chi connectivity index (χ4v) is 5.37. The van der Waals surface area contributed by atoms with E-state index < -0.39 is 5.25 Å². The van der Waals surface area contributed by atoms with E-state index in [0.717, 1.165) is 22.4 Å². The molecule has 0 saturated heterocycles. The molecule has 1 atom stereocenters. The maximum absolute atomic E-state index is 13.6. The van der Waals surface area contributed by atoms with Crippen molar-refractivity contribution < 1.29 is 4.79 Å². The van der Waals surface area contributed by atoms with Crippen molar-refractivity contribution in [3.63, 3.8) is 0 Å². The summed E-state index contributed by atoms with van der Waals surface area (Å²) in [5, 5.41) is 9.60. The molecule has 7 nitrogen and oxygen atoms in total. The van der Waals surface area contributed by atoms with Gasteiger partial charge in [-0.3, -0.25) is 14.0 Å². The molecule has 0 bridgehead atoms. The molecule has 5 rings (SSSR count). The summed E-state index contributed by atoms with van der Waals surface area (Å²) < 4.78 is 3.50. The number of fused-ring (bicyclic) bond motifs is 3. The molecular formula is C28H27N5O2S. The number of hydrogen-bond donors (Lipinski definition) is 0. The number of hydrogen-bond acceptors (Lipinski definition) is 5. The highest BCUT2D eigenvalue weighted by Gasteiger charge is 2.24. The van der Waals surface area contributed by atoms with E-state index in [1.807, 2.05) is 105 Å². The maximum atomic E-state index is 13.6. The summed E-state index contributed by atoms with van der Waals surface area (Å²) >= 11 is 1.34. The lowest BCUT2D eigenvalue weighted by Gasteiger charge is -2.21. The molecule has 3 aromatic carbocycles. The average molecular weight is 498 g/mol. The molecule has 1 amide bonds. The summed E-state index contributed by atoms with van der Waals surface area (Å²) in [7, 11) is 1.81. The van der Waals surface area contributed by atoms with Crippen LogP contribution in [0, 0.1) is 13.8 Å². The van der Waals surface area contributed by atoms with E-state index in [0.29, 0.717) is 28.4 Å². The zero-order valence-electron chi connectivity index (χ0n) is 20.7. The van der Waals surface area contributed by atoms with E-state index in [4.69, 9.17) is 0 Å². The van der Waals surface area contributed by atoms with Crippen LogP contribution in [0.3, 0.4) is 0 Å². The van der Waals surface area contributed by atoms with Gasteiger partial charge in [0.2, 0.25) is 11.7 Å². The monoisotopic (exact) mass is 497 g/mol. The Morgan fingerprint density at radius 2 is 1.69 bits per heavy atom. The molecule has 0 saturated carbocycles. The molecule has 2 aromatic heterocycles. The van der Waals surface area contributed by atoms with Gasteiger partial charge in [-0.15, -0.1) is 10.2 Å². The van der Waals surface area contributed by atoms with E-state index in [1.54, 1.807) is 9.47 Å². The Labute approximate surface area is 213 Å². The van der Waals surface area contributed by atoms with Crippen LogP contribution in [0.15, 0.2) is 82.7 Å². The summed E-state index contributed by atoms with van der Waals surface area (Å²) in [4.78, 5) is 28.5. The Kier molecular flexibility index (Phi) is 6.36. The number of rotatable bonds is 6. The molecule has 36 heavy (non-hydrogen) atoms. The summed E-state index contributed by atoms with van der Waals surface area (Å²) in [5.41, 5.74) is 4.49. The van der Waals surface area contributed by atoms with Crippen LogP contribution in [-0.4, -0.2) is 42.3 Å². The van der Waals surface area contributed by atoms with Crippen LogP contribution in [0.5, 0.6) is 0 Å². The van der Waals surface area contributed by atoms with Gasteiger partial charge in [-0.1, -0.05) is 66.4 Å². The quantitative estimate of drug-likeness (QED) is 0.316. The van der Waals surface area contributed by atoms with Crippen LogP contribution in [0.1, 0.15) is 23.6 Å². The van der Waals surface area contributed by atoms with Crippen molar-refractivity contribution in [2.45, 2.75) is 37.7 Å². The van der Waals surface area contributed by atoms with Crippen molar-refractivity contribution in [3.05, 3.63) is 99.8 Å². The van der Waals surface area contributed by atoms with Gasteiger partial charge in [-0.25, -0.2) is 4.57 Å². The minimum absolute atomic E-state index is 0.00670. The van der Waals surface area contributed by atoms with E-state index in [-0.39, 0.29) is 11.5 Å². The summed E-state index contributed by atoms with van der Waals surface area (Å²) in [6.45, 7) is 6.42. The molecule has 0 aliphatic heterocycles. The molecule has 0 spiro atoms. The number of carbonyl (C=O) groups is 1. The predicted molar refractivity (Wildman–Crippen MR) is 144 cm³/mol. The van der Waals surface area contributed by atoms with Gasteiger partial charge in [0.15, 0.2) is 5.16 Å². The number of aryl methyl sites for hydroxylation is 1. The van der Waals surface area contributed by atoms with Crippen LogP contribution < -0.4 is 5.56 Å². The van der Waals surface area contributed by atoms with E-state index in [2.05, 4.69) is 10.2 Å². The summed E-state index contributed by atoms with van der Waals surface area (Å²) in [6.07, 6.45) is 0. The van der Waals surface area contributed by atoms with Crippen LogP contribution >= 0.6 is 11.8 Å². The SMILES string of the molecule is Cc1cccc(-n2c(=O)c3ccccc3n3c(SC(C)C(=O)N(C)Cc4ccccc4)nnc23)c1C. The second-order valence-corrected chi connectivity index (χ2v) is 10.2. The lowest BCUT2D eigenvalue weighted by atomic mass is 10.1. The lowest BCUT2D eigenvalue weighted by molar-refractivity contribution is -0.129. The first-order chi connectivity index (χ1) is 17.4. The maximum Gasteiger partial charge on any atom is 0.267 e. The molecule has 0 aliphatic rings. The normalized spacial score (nSPS) is 12.2. The molecule has 0 fully saturated rings. The zero-order valence-corrected chi connectivity index (χ0v) is 21.5. The smallest absolute Gasteiger partial charge is 0.267 e. The number of amides is 1.